The molecule has 4 aromatic rings. The number of hydrogen-bond donors (Lipinski definition) is 3. The van der Waals surface area contributed by atoms with E-state index in [1.54, 1.807) is 6.20 Å². The van der Waals surface area contributed by atoms with E-state index >= 15 is 0 Å². The van der Waals surface area contributed by atoms with Gasteiger partial charge in [-0.3, -0.25) is 4.98 Å². The molecule has 158 valence electrons. The maximum Gasteiger partial charge on any atom is 0.143 e. The van der Waals surface area contributed by atoms with Gasteiger partial charge in [-0.15, -0.1) is 0 Å². The van der Waals surface area contributed by atoms with Gasteiger partial charge in [-0.25, -0.2) is 19.3 Å². The van der Waals surface area contributed by atoms with Gasteiger partial charge in [0, 0.05) is 49.4 Å². The molecule has 0 spiro atoms. The summed E-state index contributed by atoms with van der Waals surface area (Å²) in [6.07, 6.45) is 7.03. The van der Waals surface area contributed by atoms with Gasteiger partial charge in [0.05, 0.1) is 23.7 Å². The van der Waals surface area contributed by atoms with Crippen LogP contribution in [0.25, 0.3) is 22.2 Å². The van der Waals surface area contributed by atoms with Gasteiger partial charge in [0.2, 0.25) is 0 Å². The van der Waals surface area contributed by atoms with Crippen LogP contribution in [0.1, 0.15) is 5.69 Å². The summed E-state index contributed by atoms with van der Waals surface area (Å²) >= 11 is 0. The van der Waals surface area contributed by atoms with Crippen LogP contribution in [0, 0.1) is 0 Å². The average molecular weight is 418 g/mol. The van der Waals surface area contributed by atoms with Crippen molar-refractivity contribution < 1.29 is 4.39 Å². The van der Waals surface area contributed by atoms with E-state index in [1.165, 1.54) is 6.33 Å². The third-order valence-corrected chi connectivity index (χ3v) is 5.44. The minimum absolute atomic E-state index is 0.147. The highest BCUT2D eigenvalue weighted by atomic mass is 19.1. The van der Waals surface area contributed by atoms with Crippen molar-refractivity contribution in [1.82, 2.24) is 30.2 Å². The number of rotatable bonds is 6. The van der Waals surface area contributed by atoms with E-state index in [4.69, 9.17) is 4.98 Å². The Hall–Kier alpha value is -3.59. The Kier molecular flexibility index (Phi) is 5.40. The molecule has 5 heterocycles. The van der Waals surface area contributed by atoms with Gasteiger partial charge < -0.3 is 20.5 Å². The second-order valence-corrected chi connectivity index (χ2v) is 7.48. The van der Waals surface area contributed by atoms with Crippen molar-refractivity contribution in [2.75, 3.05) is 36.5 Å². The van der Waals surface area contributed by atoms with Crippen LogP contribution >= 0.6 is 0 Å². The lowest BCUT2D eigenvalue weighted by Crippen LogP contribution is -2.52. The maximum absolute atomic E-state index is 13.1. The second-order valence-electron chi connectivity index (χ2n) is 7.48. The van der Waals surface area contributed by atoms with Gasteiger partial charge in [0.1, 0.15) is 30.3 Å². The van der Waals surface area contributed by atoms with Crippen molar-refractivity contribution in [3.05, 3.63) is 60.9 Å². The molecule has 1 atom stereocenters. The second kappa shape index (κ2) is 8.65. The van der Waals surface area contributed by atoms with Gasteiger partial charge in [-0.1, -0.05) is 12.1 Å². The molecule has 0 aliphatic carbocycles. The molecular formula is C22H23FN8. The number of aromatic amines is 1. The van der Waals surface area contributed by atoms with Crippen LogP contribution in [0.15, 0.2) is 55.2 Å². The number of aromatic nitrogens is 5. The first kappa shape index (κ1) is 19.4. The zero-order chi connectivity index (χ0) is 21.0. The van der Waals surface area contributed by atoms with Crippen LogP contribution in [-0.2, 0) is 6.54 Å². The summed E-state index contributed by atoms with van der Waals surface area (Å²) in [7, 11) is 0. The van der Waals surface area contributed by atoms with Gasteiger partial charge in [0.15, 0.2) is 0 Å². The lowest BCUT2D eigenvalue weighted by molar-refractivity contribution is 0.352. The topological polar surface area (TPSA) is 94.6 Å². The van der Waals surface area contributed by atoms with E-state index in [0.29, 0.717) is 13.1 Å². The van der Waals surface area contributed by atoms with E-state index < -0.39 is 0 Å². The number of nitrogens with zero attached hydrogens (tertiary/aromatic N) is 5. The Morgan fingerprint density at radius 2 is 2.16 bits per heavy atom. The number of anilines is 2. The number of H-pyrrole nitrogens is 1. The van der Waals surface area contributed by atoms with Crippen molar-refractivity contribution >= 4 is 22.7 Å². The molecule has 1 aliphatic rings. The third-order valence-electron chi connectivity index (χ3n) is 5.44. The number of fused-ring (bicyclic) bond motifs is 1. The molecule has 0 saturated carbocycles. The number of nitrogens with one attached hydrogen (secondary N) is 3. The highest BCUT2D eigenvalue weighted by Crippen LogP contribution is 2.31. The quantitative estimate of drug-likeness (QED) is 0.443. The number of hydrogen-bond acceptors (Lipinski definition) is 7. The molecular weight excluding hydrogens is 395 g/mol. The van der Waals surface area contributed by atoms with Crippen LogP contribution in [-0.4, -0.2) is 57.3 Å². The average Bonchev–Trinajstić information content (AvgIpc) is 3.28. The summed E-state index contributed by atoms with van der Waals surface area (Å²) < 4.78 is 13.1. The van der Waals surface area contributed by atoms with Crippen LogP contribution in [0.3, 0.4) is 0 Å². The van der Waals surface area contributed by atoms with Crippen molar-refractivity contribution in [3.8, 4) is 11.1 Å². The lowest BCUT2D eigenvalue weighted by atomic mass is 10.1. The van der Waals surface area contributed by atoms with E-state index in [9.17, 15) is 4.39 Å². The molecule has 1 saturated heterocycles. The Bertz CT molecular complexity index is 1160. The molecule has 1 unspecified atom stereocenters. The fourth-order valence-electron chi connectivity index (χ4n) is 3.90. The van der Waals surface area contributed by atoms with Gasteiger partial charge in [0.25, 0.3) is 0 Å². The molecule has 4 aromatic heterocycles. The van der Waals surface area contributed by atoms with Crippen molar-refractivity contribution in [2.24, 2.45) is 0 Å². The lowest BCUT2D eigenvalue weighted by Gasteiger charge is -2.33. The van der Waals surface area contributed by atoms with Crippen molar-refractivity contribution in [1.29, 1.82) is 0 Å². The highest BCUT2D eigenvalue weighted by Gasteiger charge is 2.20. The molecule has 9 heteroatoms. The Balaban J connectivity index is 1.38. The molecule has 1 aliphatic heterocycles. The summed E-state index contributed by atoms with van der Waals surface area (Å²) in [6, 6.07) is 9.70. The first-order chi connectivity index (χ1) is 15.3. The predicted octanol–water partition coefficient (Wildman–Crippen LogP) is 2.77. The van der Waals surface area contributed by atoms with Crippen molar-refractivity contribution in [2.45, 2.75) is 12.6 Å². The standard InChI is InChI=1S/C22H23FN8/c23-9-17-13-31(8-7-25-17)19-5-1-4-16(30-19)11-26-21-20-18(15-3-2-6-24-10-15)12-27-22(20)29-14-28-21/h1-6,10,12,14,17,25H,7-9,11,13H2,(H2,26,27,28,29). The predicted molar refractivity (Wildman–Crippen MR) is 119 cm³/mol. The van der Waals surface area contributed by atoms with Crippen LogP contribution in [0.4, 0.5) is 16.0 Å². The summed E-state index contributed by atoms with van der Waals surface area (Å²) in [5, 5.41) is 7.51. The van der Waals surface area contributed by atoms with E-state index in [1.807, 2.05) is 42.7 Å². The third kappa shape index (κ3) is 4.04. The number of halogens is 1. The molecule has 0 bridgehead atoms. The first-order valence-corrected chi connectivity index (χ1v) is 10.3. The van der Waals surface area contributed by atoms with E-state index in [2.05, 4.69) is 35.5 Å². The molecule has 0 aromatic carbocycles. The van der Waals surface area contributed by atoms with E-state index in [0.717, 1.165) is 52.6 Å². The van der Waals surface area contributed by atoms with Crippen LogP contribution in [0.5, 0.6) is 0 Å². The van der Waals surface area contributed by atoms with Crippen LogP contribution in [0.2, 0.25) is 0 Å². The minimum Gasteiger partial charge on any atom is -0.364 e. The number of alkyl halides is 1. The van der Waals surface area contributed by atoms with Gasteiger partial charge in [-0.05, 0) is 18.2 Å². The summed E-state index contributed by atoms with van der Waals surface area (Å²) in [6.45, 7) is 2.31. The monoisotopic (exact) mass is 418 g/mol. The van der Waals surface area contributed by atoms with Crippen molar-refractivity contribution in [3.63, 3.8) is 0 Å². The summed E-state index contributed by atoms with van der Waals surface area (Å²) in [4.78, 5) is 23.1. The fourth-order valence-corrected chi connectivity index (χ4v) is 3.90. The molecule has 0 radical (unpaired) electrons. The number of pyridine rings is 2. The molecule has 8 nitrogen and oxygen atoms in total. The smallest absolute Gasteiger partial charge is 0.143 e. The van der Waals surface area contributed by atoms with E-state index in [-0.39, 0.29) is 12.7 Å². The molecule has 0 amide bonds. The molecule has 31 heavy (non-hydrogen) atoms. The minimum atomic E-state index is -0.378. The van der Waals surface area contributed by atoms with Crippen LogP contribution < -0.4 is 15.5 Å². The largest absolute Gasteiger partial charge is 0.364 e. The maximum atomic E-state index is 13.1. The first-order valence-electron chi connectivity index (χ1n) is 10.3. The number of piperazine rings is 1. The van der Waals surface area contributed by atoms with Gasteiger partial charge in [-0.2, -0.15) is 0 Å². The normalized spacial score (nSPS) is 16.5. The molecule has 1 fully saturated rings. The fraction of sp³-hybridized carbons (Fsp3) is 0.273. The molecule has 3 N–H and O–H groups in total. The summed E-state index contributed by atoms with van der Waals surface area (Å²) in [5.74, 6) is 1.60. The SMILES string of the molecule is FCC1CN(c2cccc(CNc3ncnc4[nH]cc(-c5cccnc5)c34)n2)CCN1. The highest BCUT2D eigenvalue weighted by molar-refractivity contribution is 6.00. The Labute approximate surface area is 179 Å². The zero-order valence-electron chi connectivity index (χ0n) is 16.9. The Morgan fingerprint density at radius 1 is 1.19 bits per heavy atom. The zero-order valence-corrected chi connectivity index (χ0v) is 16.9. The van der Waals surface area contributed by atoms with Gasteiger partial charge >= 0.3 is 0 Å². The molecule has 5 rings (SSSR count). The Morgan fingerprint density at radius 3 is 3.03 bits per heavy atom. The summed E-state index contributed by atoms with van der Waals surface area (Å²) in [5.41, 5.74) is 3.63.